The molecular weight excluding hydrogens is 542 g/mol. The van der Waals surface area contributed by atoms with Crippen LogP contribution in [0.15, 0.2) is 93.2 Å². The van der Waals surface area contributed by atoms with Gasteiger partial charge in [0.15, 0.2) is 5.17 Å². The minimum absolute atomic E-state index is 0.140. The van der Waals surface area contributed by atoms with E-state index < -0.39 is 4.92 Å². The summed E-state index contributed by atoms with van der Waals surface area (Å²) >= 11 is 7.25. The Labute approximate surface area is 232 Å². The molecule has 1 amide bonds. The van der Waals surface area contributed by atoms with Crippen LogP contribution < -0.4 is 14.4 Å². The van der Waals surface area contributed by atoms with Crippen LogP contribution in [0.1, 0.15) is 5.76 Å². The third-order valence-electron chi connectivity index (χ3n) is 5.76. The lowest BCUT2D eigenvalue weighted by Gasteiger charge is -2.16. The Morgan fingerprint density at radius 1 is 0.974 bits per heavy atom. The highest BCUT2D eigenvalue weighted by molar-refractivity contribution is 8.19. The summed E-state index contributed by atoms with van der Waals surface area (Å²) in [5, 5.41) is 12.3. The molecule has 5 rings (SSSR count). The van der Waals surface area contributed by atoms with Crippen LogP contribution in [-0.4, -0.2) is 30.2 Å². The number of nitro groups is 1. The predicted octanol–water partition coefficient (Wildman–Crippen LogP) is 7.33. The predicted molar refractivity (Wildman–Crippen MR) is 152 cm³/mol. The maximum Gasteiger partial charge on any atom is 0.280 e. The number of hydrogen-bond donors (Lipinski definition) is 0. The van der Waals surface area contributed by atoms with Crippen LogP contribution in [0.5, 0.6) is 11.5 Å². The van der Waals surface area contributed by atoms with E-state index in [9.17, 15) is 14.9 Å². The number of hydrogen-bond acceptors (Lipinski definition) is 8. The molecule has 0 radical (unpaired) electrons. The normalized spacial score (nSPS) is 15.3. The van der Waals surface area contributed by atoms with Crippen LogP contribution in [0.4, 0.5) is 17.1 Å². The van der Waals surface area contributed by atoms with Crippen molar-refractivity contribution in [1.29, 1.82) is 0 Å². The van der Waals surface area contributed by atoms with Crippen molar-refractivity contribution in [1.82, 2.24) is 0 Å². The average molecular weight is 562 g/mol. The smallest absolute Gasteiger partial charge is 0.280 e. The Balaban J connectivity index is 1.52. The summed E-state index contributed by atoms with van der Waals surface area (Å²) in [5.74, 6) is 1.64. The lowest BCUT2D eigenvalue weighted by molar-refractivity contribution is -0.384. The van der Waals surface area contributed by atoms with Crippen LogP contribution in [0.3, 0.4) is 0 Å². The van der Waals surface area contributed by atoms with Crippen molar-refractivity contribution >= 4 is 57.6 Å². The van der Waals surface area contributed by atoms with Gasteiger partial charge in [0.05, 0.1) is 41.0 Å². The van der Waals surface area contributed by atoms with Crippen LogP contribution in [-0.2, 0) is 4.79 Å². The molecule has 1 aromatic heterocycles. The second kappa shape index (κ2) is 11.1. The second-order valence-corrected chi connectivity index (χ2v) is 9.61. The van der Waals surface area contributed by atoms with Crippen molar-refractivity contribution in [2.45, 2.75) is 0 Å². The van der Waals surface area contributed by atoms with E-state index >= 15 is 0 Å². The number of amidine groups is 1. The number of methoxy groups -OCH3 is 2. The number of amides is 1. The summed E-state index contributed by atoms with van der Waals surface area (Å²) in [6.07, 6.45) is 1.58. The van der Waals surface area contributed by atoms with Gasteiger partial charge in [0, 0.05) is 17.2 Å². The Morgan fingerprint density at radius 3 is 2.28 bits per heavy atom. The number of ether oxygens (including phenoxy) is 2. The van der Waals surface area contributed by atoms with Crippen molar-refractivity contribution in [3.8, 4) is 22.8 Å². The summed E-state index contributed by atoms with van der Waals surface area (Å²) in [5.41, 5.74) is 1.35. The number of halogens is 1. The maximum absolute atomic E-state index is 13.6. The van der Waals surface area contributed by atoms with Gasteiger partial charge < -0.3 is 13.9 Å². The molecule has 39 heavy (non-hydrogen) atoms. The topological polar surface area (TPSA) is 107 Å². The molecule has 0 unspecified atom stereocenters. The molecule has 0 saturated carbocycles. The van der Waals surface area contributed by atoms with Gasteiger partial charge in [-0.3, -0.25) is 19.8 Å². The number of nitro benzene ring substituents is 1. The van der Waals surface area contributed by atoms with Crippen LogP contribution in [0.2, 0.25) is 5.02 Å². The van der Waals surface area contributed by atoms with E-state index in [-0.39, 0.29) is 22.9 Å². The van der Waals surface area contributed by atoms with E-state index in [1.807, 2.05) is 0 Å². The number of carbonyl (C=O) groups is 1. The Kier molecular flexibility index (Phi) is 7.40. The van der Waals surface area contributed by atoms with E-state index in [1.165, 1.54) is 34.9 Å². The molecule has 0 atom stereocenters. The van der Waals surface area contributed by atoms with Crippen molar-refractivity contribution in [2.24, 2.45) is 4.99 Å². The van der Waals surface area contributed by atoms with Crippen molar-refractivity contribution in [3.63, 3.8) is 0 Å². The van der Waals surface area contributed by atoms with Crippen LogP contribution in [0, 0.1) is 10.1 Å². The van der Waals surface area contributed by atoms with Gasteiger partial charge in [-0.25, -0.2) is 4.99 Å². The molecule has 9 nitrogen and oxygen atoms in total. The number of nitrogens with zero attached hydrogens (tertiary/aromatic N) is 3. The van der Waals surface area contributed by atoms with Crippen LogP contribution >= 0.6 is 23.4 Å². The molecule has 1 aliphatic rings. The molecule has 0 bridgehead atoms. The molecule has 196 valence electrons. The van der Waals surface area contributed by atoms with Crippen molar-refractivity contribution < 1.29 is 23.6 Å². The highest BCUT2D eigenvalue weighted by Gasteiger charge is 2.35. The fraction of sp³-hybridized carbons (Fsp3) is 0.0714. The molecule has 11 heteroatoms. The number of thioether (sulfide) groups is 1. The SMILES string of the molecule is COc1ccc(N=C2S/C(=C\c3ccc(-c4cc(Cl)ccc4[N+](=O)[O-])o3)C(=O)N2c2ccc(OC)cc2)cc1. The fourth-order valence-corrected chi connectivity index (χ4v) is 5.00. The standard InChI is InChI=1S/C28H20ClN3O6S/c1-36-20-8-4-18(5-9-20)30-28-31(19-6-10-21(37-2)11-7-19)27(33)26(39-28)16-22-12-14-25(38-22)23-15-17(29)3-13-24(23)32(34)35/h3-16H,1-2H3/b26-16-,30-28?. The molecule has 3 aromatic carbocycles. The van der Waals surface area contributed by atoms with E-state index in [0.29, 0.717) is 43.7 Å². The molecule has 1 fully saturated rings. The number of furan rings is 1. The maximum atomic E-state index is 13.6. The fourth-order valence-electron chi connectivity index (χ4n) is 3.84. The minimum Gasteiger partial charge on any atom is -0.497 e. The minimum atomic E-state index is -0.503. The van der Waals surface area contributed by atoms with Gasteiger partial charge in [-0.2, -0.15) is 0 Å². The summed E-state index contributed by atoms with van der Waals surface area (Å²) in [6, 6.07) is 21.7. The van der Waals surface area contributed by atoms with Gasteiger partial charge >= 0.3 is 0 Å². The number of anilines is 1. The van der Waals surface area contributed by atoms with E-state index in [0.717, 1.165) is 0 Å². The first kappa shape index (κ1) is 26.1. The monoisotopic (exact) mass is 561 g/mol. The first-order chi connectivity index (χ1) is 18.9. The third-order valence-corrected chi connectivity index (χ3v) is 6.96. The lowest BCUT2D eigenvalue weighted by atomic mass is 10.1. The molecule has 4 aromatic rings. The Hall–Kier alpha value is -4.54. The molecule has 0 aliphatic carbocycles. The van der Waals surface area contributed by atoms with Crippen molar-refractivity contribution in [3.05, 3.63) is 105 Å². The van der Waals surface area contributed by atoms with Gasteiger partial charge in [-0.1, -0.05) is 11.6 Å². The lowest BCUT2D eigenvalue weighted by Crippen LogP contribution is -2.28. The van der Waals surface area contributed by atoms with Crippen LogP contribution in [0.25, 0.3) is 17.4 Å². The Bertz CT molecular complexity index is 1610. The third kappa shape index (κ3) is 5.52. The first-order valence-electron chi connectivity index (χ1n) is 11.5. The van der Waals surface area contributed by atoms with Gasteiger partial charge in [0.2, 0.25) is 0 Å². The van der Waals surface area contributed by atoms with Gasteiger partial charge in [-0.05, 0) is 84.6 Å². The first-order valence-corrected chi connectivity index (χ1v) is 12.7. The quantitative estimate of drug-likeness (QED) is 0.132. The average Bonchev–Trinajstić information content (AvgIpc) is 3.53. The molecular formula is C28H20ClN3O6S. The van der Waals surface area contributed by atoms with E-state index in [1.54, 1.807) is 81.0 Å². The van der Waals surface area contributed by atoms with Gasteiger partial charge in [0.25, 0.3) is 11.6 Å². The van der Waals surface area contributed by atoms with Gasteiger partial charge in [-0.15, -0.1) is 0 Å². The molecule has 0 N–H and O–H groups in total. The number of carbonyl (C=O) groups excluding carboxylic acids is 1. The molecule has 1 aliphatic heterocycles. The second-order valence-electron chi connectivity index (χ2n) is 8.16. The van der Waals surface area contributed by atoms with Crippen molar-refractivity contribution in [2.75, 3.05) is 19.1 Å². The largest absolute Gasteiger partial charge is 0.497 e. The zero-order valence-corrected chi connectivity index (χ0v) is 22.2. The zero-order valence-electron chi connectivity index (χ0n) is 20.7. The highest BCUT2D eigenvalue weighted by atomic mass is 35.5. The highest BCUT2D eigenvalue weighted by Crippen LogP contribution is 2.39. The number of benzene rings is 3. The molecule has 2 heterocycles. The molecule has 1 saturated heterocycles. The summed E-state index contributed by atoms with van der Waals surface area (Å²) < 4.78 is 16.3. The number of aliphatic imine (C=N–C) groups is 1. The van der Waals surface area contributed by atoms with Gasteiger partial charge in [0.1, 0.15) is 23.0 Å². The zero-order chi connectivity index (χ0) is 27.5. The Morgan fingerprint density at radius 2 is 1.64 bits per heavy atom. The molecule has 0 spiro atoms. The number of rotatable bonds is 7. The van der Waals surface area contributed by atoms with E-state index in [4.69, 9.17) is 30.5 Å². The summed E-state index contributed by atoms with van der Waals surface area (Å²) in [4.78, 5) is 31.2. The summed E-state index contributed by atoms with van der Waals surface area (Å²) in [7, 11) is 3.15. The summed E-state index contributed by atoms with van der Waals surface area (Å²) in [6.45, 7) is 0. The van der Waals surface area contributed by atoms with E-state index in [2.05, 4.69) is 0 Å².